The number of fused-ring (bicyclic) bond motifs is 6. The molecule has 0 aliphatic carbocycles. The molecule has 0 aromatic heterocycles. The Labute approximate surface area is 262 Å². The van der Waals surface area contributed by atoms with E-state index in [1.165, 1.54) is 0 Å². The predicted molar refractivity (Wildman–Crippen MR) is 177 cm³/mol. The van der Waals surface area contributed by atoms with E-state index in [0.29, 0.717) is 39.7 Å². The molecule has 45 heavy (non-hydrogen) atoms. The Hall–Kier alpha value is -5.56. The van der Waals surface area contributed by atoms with Gasteiger partial charge in [-0.15, -0.1) is 0 Å². The molecule has 5 aromatic carbocycles. The molecule has 0 bridgehead atoms. The summed E-state index contributed by atoms with van der Waals surface area (Å²) in [5.41, 5.74) is 5.21. The third-order valence-electron chi connectivity index (χ3n) is 8.63. The number of aryl methyl sites for hydroxylation is 1. The fourth-order valence-corrected chi connectivity index (χ4v) is 6.47. The summed E-state index contributed by atoms with van der Waals surface area (Å²) in [6, 6.07) is 36.0. The highest BCUT2D eigenvalue weighted by molar-refractivity contribution is 6.08. The van der Waals surface area contributed by atoms with Crippen LogP contribution in [0.4, 0.5) is 27.5 Å². The van der Waals surface area contributed by atoms with Crippen LogP contribution in [0.25, 0.3) is 0 Å². The normalized spacial score (nSPS) is 15.8. The second-order valence-electron chi connectivity index (χ2n) is 11.2. The summed E-state index contributed by atoms with van der Waals surface area (Å²) in [5.74, 6) is 0.799. The van der Waals surface area contributed by atoms with Gasteiger partial charge in [0, 0.05) is 47.2 Å². The van der Waals surface area contributed by atoms with Crippen LogP contribution >= 0.6 is 0 Å². The second-order valence-corrected chi connectivity index (χ2v) is 11.2. The van der Waals surface area contributed by atoms with Gasteiger partial charge in [0.15, 0.2) is 5.60 Å². The zero-order chi connectivity index (χ0) is 31.1. The Balaban J connectivity index is 1.44. The minimum atomic E-state index is -1.26. The lowest BCUT2D eigenvalue weighted by Gasteiger charge is -2.38. The summed E-state index contributed by atoms with van der Waals surface area (Å²) < 4.78 is 13.1. The van der Waals surface area contributed by atoms with Crippen LogP contribution < -0.4 is 19.9 Å². The molecule has 224 valence electrons. The van der Waals surface area contributed by atoms with Crippen molar-refractivity contribution in [2.24, 2.45) is 0 Å². The number of nitrogens with one attached hydrogen (secondary N) is 1. The zero-order valence-electron chi connectivity index (χ0n) is 25.4. The first-order valence-electron chi connectivity index (χ1n) is 15.2. The molecule has 0 fully saturated rings. The average Bonchev–Trinajstić information content (AvgIpc) is 3.35. The molecule has 7 rings (SSSR count). The third-order valence-corrected chi connectivity index (χ3v) is 8.63. The number of hydrogen-bond donors (Lipinski definition) is 1. The number of benzene rings is 5. The first-order chi connectivity index (χ1) is 21.9. The molecule has 7 heteroatoms. The van der Waals surface area contributed by atoms with Gasteiger partial charge in [-0.25, -0.2) is 9.59 Å². The van der Waals surface area contributed by atoms with Gasteiger partial charge >= 0.3 is 12.0 Å². The van der Waals surface area contributed by atoms with Crippen molar-refractivity contribution in [1.29, 1.82) is 0 Å². The van der Waals surface area contributed by atoms with Gasteiger partial charge in [-0.1, -0.05) is 54.6 Å². The highest BCUT2D eigenvalue weighted by Gasteiger charge is 2.54. The van der Waals surface area contributed by atoms with E-state index in [-0.39, 0.29) is 6.03 Å². The standard InChI is InChI=1S/C38H33N3O4/c1-4-40(5-2)28-20-21-31-35(23-28)44-34-22-25(3)33(24-32(34)38(31)30-19-13-12-18-29(30)36(42)45-38)41(27-16-10-7-11-17-27)37(43)39-26-14-8-6-9-15-26/h6-24H,4-5H2,1-3H3,(H,39,43). The van der Waals surface area contributed by atoms with Crippen molar-refractivity contribution in [3.63, 3.8) is 0 Å². The molecule has 5 aromatic rings. The van der Waals surface area contributed by atoms with E-state index in [1.54, 1.807) is 11.0 Å². The van der Waals surface area contributed by atoms with Crippen LogP contribution in [-0.2, 0) is 10.3 Å². The highest BCUT2D eigenvalue weighted by atomic mass is 16.6. The van der Waals surface area contributed by atoms with Crippen LogP contribution in [0.1, 0.15) is 46.5 Å². The van der Waals surface area contributed by atoms with Gasteiger partial charge in [-0.05, 0) is 80.9 Å². The van der Waals surface area contributed by atoms with Gasteiger partial charge in [-0.2, -0.15) is 0 Å². The molecule has 2 aliphatic heterocycles. The number of para-hydroxylation sites is 2. The predicted octanol–water partition coefficient (Wildman–Crippen LogP) is 8.78. The quantitative estimate of drug-likeness (QED) is 0.199. The SMILES string of the molecule is CCN(CC)c1ccc2c(c1)Oc1cc(C)c(N(C(=O)Nc3ccccc3)c3ccccc3)cc1C21OC(=O)c2ccccc21. The first-order valence-corrected chi connectivity index (χ1v) is 15.2. The number of anilines is 4. The van der Waals surface area contributed by atoms with Crippen molar-refractivity contribution in [1.82, 2.24) is 0 Å². The number of hydrogen-bond acceptors (Lipinski definition) is 5. The molecule has 1 N–H and O–H groups in total. The zero-order valence-corrected chi connectivity index (χ0v) is 25.4. The maximum atomic E-state index is 14.0. The lowest BCUT2D eigenvalue weighted by molar-refractivity contribution is 0.0224. The fourth-order valence-electron chi connectivity index (χ4n) is 6.47. The topological polar surface area (TPSA) is 71.1 Å². The third kappa shape index (κ3) is 4.59. The Kier molecular flexibility index (Phi) is 7.01. The molecule has 0 radical (unpaired) electrons. The number of urea groups is 1. The van der Waals surface area contributed by atoms with Gasteiger partial charge < -0.3 is 19.7 Å². The van der Waals surface area contributed by atoms with Crippen molar-refractivity contribution in [3.8, 4) is 11.5 Å². The van der Waals surface area contributed by atoms with Crippen LogP contribution in [-0.4, -0.2) is 25.1 Å². The molecule has 1 unspecified atom stereocenters. The van der Waals surface area contributed by atoms with Crippen molar-refractivity contribution in [2.75, 3.05) is 28.2 Å². The van der Waals surface area contributed by atoms with Gasteiger partial charge in [0.05, 0.1) is 16.9 Å². The summed E-state index contributed by atoms with van der Waals surface area (Å²) in [7, 11) is 0. The van der Waals surface area contributed by atoms with Crippen molar-refractivity contribution < 1.29 is 19.1 Å². The number of nitrogens with zero attached hydrogens (tertiary/aromatic N) is 2. The van der Waals surface area contributed by atoms with Crippen LogP contribution in [0, 0.1) is 6.92 Å². The monoisotopic (exact) mass is 595 g/mol. The van der Waals surface area contributed by atoms with E-state index in [0.717, 1.165) is 35.5 Å². The van der Waals surface area contributed by atoms with Gasteiger partial charge in [-0.3, -0.25) is 4.90 Å². The van der Waals surface area contributed by atoms with E-state index >= 15 is 0 Å². The molecule has 2 aliphatic rings. The average molecular weight is 596 g/mol. The number of esters is 1. The van der Waals surface area contributed by atoms with E-state index < -0.39 is 11.6 Å². The van der Waals surface area contributed by atoms with Crippen molar-refractivity contribution in [3.05, 3.63) is 143 Å². The van der Waals surface area contributed by atoms with E-state index in [1.807, 2.05) is 110 Å². The number of carbonyl (C=O) groups excluding carboxylic acids is 2. The number of carbonyl (C=O) groups is 2. The summed E-state index contributed by atoms with van der Waals surface area (Å²) in [4.78, 5) is 31.4. The smallest absolute Gasteiger partial charge is 0.340 e. The summed E-state index contributed by atoms with van der Waals surface area (Å²) in [6.07, 6.45) is 0. The Bertz CT molecular complexity index is 1920. The van der Waals surface area contributed by atoms with Crippen molar-refractivity contribution in [2.45, 2.75) is 26.4 Å². The van der Waals surface area contributed by atoms with Crippen LogP contribution in [0.5, 0.6) is 11.5 Å². The molecule has 0 saturated carbocycles. The lowest BCUT2D eigenvalue weighted by Crippen LogP contribution is -2.35. The van der Waals surface area contributed by atoms with Crippen LogP contribution in [0.2, 0.25) is 0 Å². The maximum Gasteiger partial charge on any atom is 0.340 e. The van der Waals surface area contributed by atoms with Gasteiger partial charge in [0.2, 0.25) is 0 Å². The Morgan fingerprint density at radius 2 is 1.40 bits per heavy atom. The fraction of sp³-hybridized carbons (Fsp3) is 0.158. The van der Waals surface area contributed by atoms with Crippen molar-refractivity contribution >= 4 is 34.7 Å². The number of rotatable bonds is 6. The van der Waals surface area contributed by atoms with E-state index in [4.69, 9.17) is 9.47 Å². The van der Waals surface area contributed by atoms with Gasteiger partial charge in [0.1, 0.15) is 11.5 Å². The van der Waals surface area contributed by atoms with E-state index in [2.05, 4.69) is 30.1 Å². The molecular weight excluding hydrogens is 562 g/mol. The molecule has 2 amide bonds. The summed E-state index contributed by atoms with van der Waals surface area (Å²) in [6.45, 7) is 7.88. The minimum Gasteiger partial charge on any atom is -0.456 e. The second kappa shape index (κ2) is 11.2. The largest absolute Gasteiger partial charge is 0.456 e. The van der Waals surface area contributed by atoms with Crippen LogP contribution in [0.3, 0.4) is 0 Å². The number of ether oxygens (including phenoxy) is 2. The lowest BCUT2D eigenvalue weighted by atomic mass is 9.77. The molecule has 1 atom stereocenters. The summed E-state index contributed by atoms with van der Waals surface area (Å²) >= 11 is 0. The Morgan fingerprint density at radius 3 is 2.13 bits per heavy atom. The Morgan fingerprint density at radius 1 is 0.733 bits per heavy atom. The first kappa shape index (κ1) is 28.2. The highest BCUT2D eigenvalue weighted by Crippen LogP contribution is 2.57. The minimum absolute atomic E-state index is 0.325. The molecule has 2 heterocycles. The summed E-state index contributed by atoms with van der Waals surface area (Å²) in [5, 5.41) is 3.04. The van der Waals surface area contributed by atoms with Crippen LogP contribution in [0.15, 0.2) is 115 Å². The molecular formula is C38H33N3O4. The molecule has 7 nitrogen and oxygen atoms in total. The maximum absolute atomic E-state index is 14.0. The van der Waals surface area contributed by atoms with E-state index in [9.17, 15) is 9.59 Å². The molecule has 1 spiro atoms. The molecule has 0 saturated heterocycles. The van der Waals surface area contributed by atoms with Gasteiger partial charge in [0.25, 0.3) is 0 Å². The number of amides is 2.